The molecule has 0 aromatic heterocycles. The van der Waals surface area contributed by atoms with Gasteiger partial charge in [0.05, 0.1) is 17.2 Å². The minimum atomic E-state index is -3.52. The van der Waals surface area contributed by atoms with Crippen molar-refractivity contribution in [1.82, 2.24) is 0 Å². The van der Waals surface area contributed by atoms with Crippen LogP contribution in [0.5, 0.6) is 0 Å². The van der Waals surface area contributed by atoms with Gasteiger partial charge in [-0.15, -0.1) is 0 Å². The molecule has 5 nitrogen and oxygen atoms in total. The lowest BCUT2D eigenvalue weighted by atomic mass is 10.2. The zero-order chi connectivity index (χ0) is 12.3. The molecule has 0 N–H and O–H groups in total. The lowest BCUT2D eigenvalue weighted by molar-refractivity contribution is -0.385. The summed E-state index contributed by atoms with van der Waals surface area (Å²) >= 11 is 0. The summed E-state index contributed by atoms with van der Waals surface area (Å²) in [5.41, 5.74) is -0.532. The zero-order valence-electron chi connectivity index (χ0n) is 8.10. The van der Waals surface area contributed by atoms with Crippen molar-refractivity contribution >= 4 is 15.5 Å². The molecule has 0 bridgehead atoms. The fraction of sp³-hybridized carbons (Fsp3) is 0.111. The van der Waals surface area contributed by atoms with Crippen LogP contribution in [-0.2, 0) is 9.84 Å². The fourth-order valence-electron chi connectivity index (χ4n) is 0.903. The zero-order valence-corrected chi connectivity index (χ0v) is 8.91. The maximum Gasteiger partial charge on any atom is 0.273 e. The van der Waals surface area contributed by atoms with Crippen LogP contribution in [0.25, 0.3) is 0 Å². The van der Waals surface area contributed by atoms with Crippen molar-refractivity contribution in [2.24, 2.45) is 0 Å². The minimum absolute atomic E-state index is 0.0582. The largest absolute Gasteiger partial charge is 0.273 e. The molecule has 1 aromatic rings. The summed E-state index contributed by atoms with van der Waals surface area (Å²) in [5.74, 6) is 1.30. The Hall–Kier alpha value is -1.94. The molecular formula is C9H6FNO4S. The Morgan fingerprint density at radius 2 is 2.00 bits per heavy atom. The van der Waals surface area contributed by atoms with E-state index >= 15 is 0 Å². The van der Waals surface area contributed by atoms with E-state index < -0.39 is 26.3 Å². The number of hydrogen-bond acceptors (Lipinski definition) is 4. The molecule has 1 rings (SSSR count). The van der Waals surface area contributed by atoms with E-state index in [2.05, 4.69) is 5.92 Å². The smallest absolute Gasteiger partial charge is 0.258 e. The number of halogens is 1. The quantitative estimate of drug-likeness (QED) is 0.420. The van der Waals surface area contributed by atoms with Crippen LogP contribution in [0.4, 0.5) is 10.1 Å². The van der Waals surface area contributed by atoms with E-state index in [0.29, 0.717) is 0 Å². The van der Waals surface area contributed by atoms with Crippen molar-refractivity contribution in [3.8, 4) is 11.2 Å². The third-order valence-corrected chi connectivity index (χ3v) is 1.95. The van der Waals surface area contributed by atoms with Gasteiger partial charge in [-0.1, -0.05) is 0 Å². The van der Waals surface area contributed by atoms with Crippen molar-refractivity contribution in [3.05, 3.63) is 39.7 Å². The van der Waals surface area contributed by atoms with Gasteiger partial charge in [-0.25, -0.2) is 12.8 Å². The average molecular weight is 243 g/mol. The van der Waals surface area contributed by atoms with Crippen molar-refractivity contribution < 1.29 is 17.7 Å². The number of nitro groups is 1. The van der Waals surface area contributed by atoms with Gasteiger partial charge in [-0.05, 0) is 12.0 Å². The van der Waals surface area contributed by atoms with Crippen LogP contribution in [0, 0.1) is 27.1 Å². The van der Waals surface area contributed by atoms with Crippen molar-refractivity contribution in [1.29, 1.82) is 0 Å². The molecule has 16 heavy (non-hydrogen) atoms. The van der Waals surface area contributed by atoms with Gasteiger partial charge in [0, 0.05) is 16.9 Å². The molecule has 0 spiro atoms. The summed E-state index contributed by atoms with van der Waals surface area (Å²) in [4.78, 5) is 9.60. The van der Waals surface area contributed by atoms with Crippen molar-refractivity contribution in [2.45, 2.75) is 0 Å². The Morgan fingerprint density at radius 3 is 2.50 bits per heavy atom. The summed E-state index contributed by atoms with van der Waals surface area (Å²) in [6.07, 6.45) is 0.883. The third kappa shape index (κ3) is 3.67. The Balaban J connectivity index is 3.25. The van der Waals surface area contributed by atoms with Gasteiger partial charge >= 0.3 is 0 Å². The Labute approximate surface area is 91.0 Å². The first-order valence-electron chi connectivity index (χ1n) is 3.96. The molecule has 0 aliphatic rings. The predicted octanol–water partition coefficient (Wildman–Crippen LogP) is 1.09. The molecule has 0 fully saturated rings. The Bertz CT molecular complexity index is 598. The molecule has 0 unspecified atom stereocenters. The number of non-ortho nitro benzene ring substituents is 1. The van der Waals surface area contributed by atoms with Crippen LogP contribution < -0.4 is 0 Å². The maximum atomic E-state index is 12.9. The summed E-state index contributed by atoms with van der Waals surface area (Å²) in [6.45, 7) is 0. The van der Waals surface area contributed by atoms with Crippen molar-refractivity contribution in [3.63, 3.8) is 0 Å². The SMILES string of the molecule is CS(=O)(=O)C#Cc1cc(F)cc([N+](=O)[O-])c1. The summed E-state index contributed by atoms with van der Waals surface area (Å²) in [5, 5.41) is 12.2. The first-order valence-corrected chi connectivity index (χ1v) is 5.85. The molecule has 1 aromatic carbocycles. The predicted molar refractivity (Wildman–Crippen MR) is 54.8 cm³/mol. The van der Waals surface area contributed by atoms with E-state index in [1.807, 2.05) is 5.25 Å². The van der Waals surface area contributed by atoms with Crippen LogP contribution in [0.1, 0.15) is 5.56 Å². The molecule has 7 heteroatoms. The van der Waals surface area contributed by atoms with Crippen molar-refractivity contribution in [2.75, 3.05) is 6.26 Å². The molecular weight excluding hydrogens is 237 g/mol. The summed E-state index contributed by atoms with van der Waals surface area (Å²) in [6, 6.07) is 2.65. The monoisotopic (exact) mass is 243 g/mol. The van der Waals surface area contributed by atoms with Gasteiger partial charge < -0.3 is 0 Å². The van der Waals surface area contributed by atoms with Gasteiger partial charge in [-0.2, -0.15) is 0 Å². The normalized spacial score (nSPS) is 10.4. The van der Waals surface area contributed by atoms with Crippen LogP contribution in [0.2, 0.25) is 0 Å². The van der Waals surface area contributed by atoms with E-state index in [9.17, 15) is 22.9 Å². The molecule has 0 atom stereocenters. The highest BCUT2D eigenvalue weighted by Gasteiger charge is 2.08. The summed E-state index contributed by atoms with van der Waals surface area (Å²) in [7, 11) is -3.52. The first kappa shape index (κ1) is 12.1. The van der Waals surface area contributed by atoms with E-state index in [0.717, 1.165) is 24.5 Å². The molecule has 0 saturated heterocycles. The second kappa shape index (κ2) is 4.28. The Morgan fingerprint density at radius 1 is 1.38 bits per heavy atom. The van der Waals surface area contributed by atoms with E-state index in [-0.39, 0.29) is 5.56 Å². The summed E-state index contributed by atoms with van der Waals surface area (Å²) < 4.78 is 34.3. The van der Waals surface area contributed by atoms with E-state index in [4.69, 9.17) is 0 Å². The number of hydrogen-bond donors (Lipinski definition) is 0. The van der Waals surface area contributed by atoms with Gasteiger partial charge in [0.15, 0.2) is 0 Å². The molecule has 84 valence electrons. The topological polar surface area (TPSA) is 77.3 Å². The Kier molecular flexibility index (Phi) is 3.25. The number of benzene rings is 1. The standard InChI is InChI=1S/C9H6FNO4S/c1-16(14,15)3-2-7-4-8(10)6-9(5-7)11(12)13/h4-6H,1H3. The molecule has 0 heterocycles. The van der Waals surface area contributed by atoms with E-state index in [1.54, 1.807) is 0 Å². The molecule has 0 amide bonds. The number of nitro benzene ring substituents is 1. The molecule has 0 aliphatic carbocycles. The lowest BCUT2D eigenvalue weighted by Gasteiger charge is -1.93. The lowest BCUT2D eigenvalue weighted by Crippen LogP contribution is -1.92. The van der Waals surface area contributed by atoms with Gasteiger partial charge in [0.25, 0.3) is 5.69 Å². The van der Waals surface area contributed by atoms with Gasteiger partial charge in [0.1, 0.15) is 5.82 Å². The number of sulfone groups is 1. The average Bonchev–Trinajstić information content (AvgIpc) is 2.13. The van der Waals surface area contributed by atoms with Crippen LogP contribution in [0.3, 0.4) is 0 Å². The molecule has 0 aliphatic heterocycles. The second-order valence-electron chi connectivity index (χ2n) is 2.95. The van der Waals surface area contributed by atoms with E-state index in [1.165, 1.54) is 0 Å². The van der Waals surface area contributed by atoms with Gasteiger partial charge in [0.2, 0.25) is 9.84 Å². The highest BCUT2D eigenvalue weighted by atomic mass is 32.2. The van der Waals surface area contributed by atoms with Crippen LogP contribution in [-0.4, -0.2) is 19.6 Å². The first-order chi connectivity index (χ1) is 7.28. The molecule has 0 saturated carbocycles. The van der Waals surface area contributed by atoms with Crippen LogP contribution >= 0.6 is 0 Å². The second-order valence-corrected chi connectivity index (χ2v) is 4.70. The highest BCUT2D eigenvalue weighted by molar-refractivity contribution is 7.95. The fourth-order valence-corrected chi connectivity index (χ4v) is 1.21. The number of nitrogens with zero attached hydrogens (tertiary/aromatic N) is 1. The number of rotatable bonds is 1. The minimum Gasteiger partial charge on any atom is -0.258 e. The van der Waals surface area contributed by atoms with Gasteiger partial charge in [-0.3, -0.25) is 10.1 Å². The molecule has 0 radical (unpaired) electrons. The highest BCUT2D eigenvalue weighted by Crippen LogP contribution is 2.15. The van der Waals surface area contributed by atoms with Crippen LogP contribution in [0.15, 0.2) is 18.2 Å². The third-order valence-electron chi connectivity index (χ3n) is 1.47. The maximum absolute atomic E-state index is 12.9.